The van der Waals surface area contributed by atoms with Gasteiger partial charge in [-0.05, 0) is 31.7 Å². The maximum absolute atomic E-state index is 12.6. The molecule has 2 unspecified atom stereocenters. The molecule has 1 fully saturated rings. The number of nitrogens with zero attached hydrogens (tertiary/aromatic N) is 3. The summed E-state index contributed by atoms with van der Waals surface area (Å²) < 4.78 is 1.73. The molecular weight excluding hydrogens is 252 g/mol. The molecule has 2 atom stereocenters. The van der Waals surface area contributed by atoms with Gasteiger partial charge in [-0.2, -0.15) is 5.10 Å². The summed E-state index contributed by atoms with van der Waals surface area (Å²) >= 11 is 0. The van der Waals surface area contributed by atoms with Gasteiger partial charge in [-0.15, -0.1) is 0 Å². The van der Waals surface area contributed by atoms with Gasteiger partial charge < -0.3 is 10.2 Å². The lowest BCUT2D eigenvalue weighted by Crippen LogP contribution is -2.38. The first-order chi connectivity index (χ1) is 9.51. The van der Waals surface area contributed by atoms with Crippen molar-refractivity contribution in [2.45, 2.75) is 32.7 Å². The van der Waals surface area contributed by atoms with E-state index in [4.69, 9.17) is 0 Å². The Bertz CT molecular complexity index is 454. The lowest BCUT2D eigenvalue weighted by Gasteiger charge is -2.23. The molecule has 1 saturated heterocycles. The third-order valence-electron chi connectivity index (χ3n) is 4.00. The fourth-order valence-corrected chi connectivity index (χ4v) is 3.10. The van der Waals surface area contributed by atoms with Crippen molar-refractivity contribution in [1.82, 2.24) is 20.0 Å². The number of likely N-dealkylation sites (tertiary alicyclic amines) is 1. The van der Waals surface area contributed by atoms with Gasteiger partial charge in [0.2, 0.25) is 5.91 Å². The average molecular weight is 278 g/mol. The highest BCUT2D eigenvalue weighted by Crippen LogP contribution is 2.26. The lowest BCUT2D eigenvalue weighted by atomic mass is 9.97. The first-order valence-corrected chi connectivity index (χ1v) is 7.45. The molecule has 1 amide bonds. The molecule has 2 heterocycles. The maximum Gasteiger partial charge on any atom is 0.244 e. The van der Waals surface area contributed by atoms with Crippen LogP contribution in [-0.2, 0) is 11.8 Å². The van der Waals surface area contributed by atoms with Crippen LogP contribution in [0.4, 0.5) is 0 Å². The molecule has 5 heteroatoms. The number of hydrogen-bond acceptors (Lipinski definition) is 3. The second kappa shape index (κ2) is 6.39. The SMILES string of the molecule is CNC(C(=O)N1CCC(CC(C)C)C1)c1cnn(C)c1. The number of amides is 1. The van der Waals surface area contributed by atoms with Gasteiger partial charge in [-0.3, -0.25) is 9.48 Å². The van der Waals surface area contributed by atoms with E-state index in [1.165, 1.54) is 6.42 Å². The molecule has 1 N–H and O–H groups in total. The molecule has 0 aliphatic carbocycles. The van der Waals surface area contributed by atoms with E-state index in [9.17, 15) is 4.79 Å². The zero-order chi connectivity index (χ0) is 14.7. The minimum atomic E-state index is -0.276. The summed E-state index contributed by atoms with van der Waals surface area (Å²) in [5, 5.41) is 7.27. The highest BCUT2D eigenvalue weighted by atomic mass is 16.2. The van der Waals surface area contributed by atoms with E-state index in [1.54, 1.807) is 10.9 Å². The maximum atomic E-state index is 12.6. The van der Waals surface area contributed by atoms with Crippen LogP contribution in [0.15, 0.2) is 12.4 Å². The van der Waals surface area contributed by atoms with E-state index in [0.29, 0.717) is 11.8 Å². The fraction of sp³-hybridized carbons (Fsp3) is 0.733. The summed E-state index contributed by atoms with van der Waals surface area (Å²) in [6, 6.07) is -0.276. The number of hydrogen-bond donors (Lipinski definition) is 1. The predicted molar refractivity (Wildman–Crippen MR) is 79.2 cm³/mol. The van der Waals surface area contributed by atoms with Crippen molar-refractivity contribution in [3.05, 3.63) is 18.0 Å². The first-order valence-electron chi connectivity index (χ1n) is 7.45. The minimum Gasteiger partial charge on any atom is -0.341 e. The molecule has 2 rings (SSSR count). The average Bonchev–Trinajstić information content (AvgIpc) is 2.99. The van der Waals surface area contributed by atoms with Gasteiger partial charge in [-0.25, -0.2) is 0 Å². The van der Waals surface area contributed by atoms with Gasteiger partial charge in [-0.1, -0.05) is 13.8 Å². The number of rotatable bonds is 5. The van der Waals surface area contributed by atoms with Gasteiger partial charge in [0.05, 0.1) is 6.20 Å². The molecule has 112 valence electrons. The van der Waals surface area contributed by atoms with E-state index in [2.05, 4.69) is 24.3 Å². The summed E-state index contributed by atoms with van der Waals surface area (Å²) in [7, 11) is 3.70. The predicted octanol–water partition coefficient (Wildman–Crippen LogP) is 1.58. The van der Waals surface area contributed by atoms with E-state index < -0.39 is 0 Å². The van der Waals surface area contributed by atoms with Gasteiger partial charge in [0.1, 0.15) is 6.04 Å². The lowest BCUT2D eigenvalue weighted by molar-refractivity contribution is -0.132. The Morgan fingerprint density at radius 1 is 1.55 bits per heavy atom. The number of carbonyl (C=O) groups is 1. The van der Waals surface area contributed by atoms with Crippen molar-refractivity contribution in [2.24, 2.45) is 18.9 Å². The van der Waals surface area contributed by atoms with E-state index >= 15 is 0 Å². The number of aryl methyl sites for hydroxylation is 1. The third kappa shape index (κ3) is 3.39. The molecule has 1 aromatic rings. The first kappa shape index (κ1) is 15.0. The summed E-state index contributed by atoms with van der Waals surface area (Å²) in [6.45, 7) is 6.27. The summed E-state index contributed by atoms with van der Waals surface area (Å²) in [4.78, 5) is 14.6. The number of aromatic nitrogens is 2. The van der Waals surface area contributed by atoms with Gasteiger partial charge in [0, 0.05) is 31.9 Å². The second-order valence-corrected chi connectivity index (χ2v) is 6.24. The van der Waals surface area contributed by atoms with Crippen LogP contribution in [-0.4, -0.2) is 40.7 Å². The standard InChI is InChI=1S/C15H26N4O/c1-11(2)7-12-5-6-19(9-12)15(20)14(16-3)13-8-17-18(4)10-13/h8,10-12,14,16H,5-7,9H2,1-4H3. The molecule has 0 radical (unpaired) electrons. The Balaban J connectivity index is 2.00. The molecule has 0 saturated carbocycles. The zero-order valence-corrected chi connectivity index (χ0v) is 13.0. The fourth-order valence-electron chi connectivity index (χ4n) is 3.10. The zero-order valence-electron chi connectivity index (χ0n) is 13.0. The van der Waals surface area contributed by atoms with E-state index in [-0.39, 0.29) is 11.9 Å². The molecule has 5 nitrogen and oxygen atoms in total. The quantitative estimate of drug-likeness (QED) is 0.889. The van der Waals surface area contributed by atoms with Crippen LogP contribution in [0.5, 0.6) is 0 Å². The van der Waals surface area contributed by atoms with Crippen molar-refractivity contribution < 1.29 is 4.79 Å². The van der Waals surface area contributed by atoms with Crippen molar-refractivity contribution in [1.29, 1.82) is 0 Å². The summed E-state index contributed by atoms with van der Waals surface area (Å²) in [5.41, 5.74) is 0.937. The monoisotopic (exact) mass is 278 g/mol. The highest BCUT2D eigenvalue weighted by Gasteiger charge is 2.31. The van der Waals surface area contributed by atoms with Crippen molar-refractivity contribution in [2.75, 3.05) is 20.1 Å². The smallest absolute Gasteiger partial charge is 0.244 e. The van der Waals surface area contributed by atoms with Crippen LogP contribution in [0.1, 0.15) is 38.3 Å². The molecule has 0 aromatic carbocycles. The molecule has 0 spiro atoms. The van der Waals surface area contributed by atoms with Crippen molar-refractivity contribution in [3.63, 3.8) is 0 Å². The van der Waals surface area contributed by atoms with Crippen molar-refractivity contribution in [3.8, 4) is 0 Å². The Hall–Kier alpha value is -1.36. The Kier molecular flexibility index (Phi) is 4.81. The normalized spacial score (nSPS) is 20.6. The minimum absolute atomic E-state index is 0.173. The van der Waals surface area contributed by atoms with Crippen LogP contribution in [0.3, 0.4) is 0 Å². The molecule has 1 aliphatic rings. The topological polar surface area (TPSA) is 50.2 Å². The van der Waals surface area contributed by atoms with Crippen LogP contribution in [0, 0.1) is 11.8 Å². The van der Waals surface area contributed by atoms with Gasteiger partial charge in [0.25, 0.3) is 0 Å². The number of carbonyl (C=O) groups excluding carboxylic acids is 1. The van der Waals surface area contributed by atoms with E-state index in [0.717, 1.165) is 25.1 Å². The van der Waals surface area contributed by atoms with Crippen molar-refractivity contribution >= 4 is 5.91 Å². The second-order valence-electron chi connectivity index (χ2n) is 6.24. The Labute approximate surface area is 121 Å². The van der Waals surface area contributed by atoms with Crippen LogP contribution >= 0.6 is 0 Å². The molecule has 1 aromatic heterocycles. The summed E-state index contributed by atoms with van der Waals surface area (Å²) in [5.74, 6) is 1.53. The number of likely N-dealkylation sites (N-methyl/N-ethyl adjacent to an activating group) is 1. The molecular formula is C15H26N4O. The van der Waals surface area contributed by atoms with Gasteiger partial charge in [0.15, 0.2) is 0 Å². The van der Waals surface area contributed by atoms with Crippen LogP contribution in [0.25, 0.3) is 0 Å². The highest BCUT2D eigenvalue weighted by molar-refractivity contribution is 5.83. The summed E-state index contributed by atoms with van der Waals surface area (Å²) in [6.07, 6.45) is 6.01. The van der Waals surface area contributed by atoms with Gasteiger partial charge >= 0.3 is 0 Å². The molecule has 0 bridgehead atoms. The van der Waals surface area contributed by atoms with E-state index in [1.807, 2.05) is 25.2 Å². The van der Waals surface area contributed by atoms with Crippen LogP contribution in [0.2, 0.25) is 0 Å². The Morgan fingerprint density at radius 3 is 2.85 bits per heavy atom. The largest absolute Gasteiger partial charge is 0.341 e. The van der Waals surface area contributed by atoms with Crippen LogP contribution < -0.4 is 5.32 Å². The Morgan fingerprint density at radius 2 is 2.30 bits per heavy atom. The molecule has 20 heavy (non-hydrogen) atoms. The third-order valence-corrected chi connectivity index (χ3v) is 4.00. The molecule has 1 aliphatic heterocycles. The number of nitrogens with one attached hydrogen (secondary N) is 1.